The van der Waals surface area contributed by atoms with Crippen molar-refractivity contribution in [3.05, 3.63) is 59.7 Å². The Morgan fingerprint density at radius 1 is 1.19 bits per heavy atom. The van der Waals surface area contributed by atoms with Gasteiger partial charge in [0.25, 0.3) is 0 Å². The molecule has 3 rings (SSSR count). The number of hydrogen-bond donors (Lipinski definition) is 1. The van der Waals surface area contributed by atoms with Gasteiger partial charge in [0.05, 0.1) is 17.7 Å². The number of nitrogens with zero attached hydrogens (tertiary/aromatic N) is 1. The number of rotatable bonds is 7. The topological polar surface area (TPSA) is 50.7 Å². The molecule has 1 aliphatic rings. The van der Waals surface area contributed by atoms with Crippen LogP contribution in [0.4, 0.5) is 4.79 Å². The van der Waals surface area contributed by atoms with Crippen LogP contribution in [0.2, 0.25) is 0 Å². The molecule has 0 aliphatic heterocycles. The molecule has 1 N–H and O–H groups in total. The number of alkyl carbamates (subject to hydrolysis) is 1. The third kappa shape index (κ3) is 4.26. The molecule has 0 saturated carbocycles. The highest BCUT2D eigenvalue weighted by molar-refractivity contribution is 7.78. The summed E-state index contributed by atoms with van der Waals surface area (Å²) in [5.41, 5.74) is 4.84. The lowest BCUT2D eigenvalue weighted by atomic mass is 9.98. The SMILES string of the molecule is CC[C@H](C)[C@@H](CN=C=S)NC(=O)OCC1c2ccccc2-c2ccccc21. The predicted octanol–water partition coefficient (Wildman–Crippen LogP) is 5.04. The van der Waals surface area contributed by atoms with Crippen LogP contribution in [0.15, 0.2) is 53.5 Å². The Hall–Kier alpha value is -2.49. The maximum absolute atomic E-state index is 12.4. The standard InChI is InChI=1S/C22H24N2O2S/c1-3-15(2)21(12-23-14-27)24-22(25)26-13-20-18-10-6-4-8-16(18)17-9-5-7-11-19(17)20/h4-11,15,20-21H,3,12-13H2,1-2H3,(H,24,25)/t15-,21+/m0/s1. The lowest BCUT2D eigenvalue weighted by Crippen LogP contribution is -2.42. The minimum Gasteiger partial charge on any atom is -0.449 e. The Kier molecular flexibility index (Phi) is 6.38. The van der Waals surface area contributed by atoms with Crippen LogP contribution in [0.1, 0.15) is 37.3 Å². The summed E-state index contributed by atoms with van der Waals surface area (Å²) < 4.78 is 5.61. The van der Waals surface area contributed by atoms with Crippen molar-refractivity contribution in [3.8, 4) is 11.1 Å². The van der Waals surface area contributed by atoms with Crippen molar-refractivity contribution in [3.63, 3.8) is 0 Å². The third-order valence-corrected chi connectivity index (χ3v) is 5.46. The molecular weight excluding hydrogens is 356 g/mol. The molecule has 27 heavy (non-hydrogen) atoms. The Morgan fingerprint density at radius 2 is 1.78 bits per heavy atom. The number of carbonyl (C=O) groups excluding carboxylic acids is 1. The fourth-order valence-electron chi connectivity index (χ4n) is 3.58. The monoisotopic (exact) mass is 380 g/mol. The maximum atomic E-state index is 12.4. The van der Waals surface area contributed by atoms with Crippen molar-refractivity contribution in [1.29, 1.82) is 0 Å². The van der Waals surface area contributed by atoms with Crippen LogP contribution in [-0.2, 0) is 4.74 Å². The van der Waals surface area contributed by atoms with Gasteiger partial charge in [0.1, 0.15) is 6.61 Å². The van der Waals surface area contributed by atoms with Crippen LogP contribution in [0.5, 0.6) is 0 Å². The van der Waals surface area contributed by atoms with Crippen molar-refractivity contribution >= 4 is 23.5 Å². The molecule has 4 nitrogen and oxygen atoms in total. The van der Waals surface area contributed by atoms with E-state index in [1.807, 2.05) is 24.3 Å². The Morgan fingerprint density at radius 3 is 2.33 bits per heavy atom. The Balaban J connectivity index is 1.69. The van der Waals surface area contributed by atoms with E-state index in [1.54, 1.807) is 0 Å². The lowest BCUT2D eigenvalue weighted by molar-refractivity contribution is 0.136. The molecule has 0 heterocycles. The quantitative estimate of drug-likeness (QED) is 0.541. The Bertz CT molecular complexity index is 815. The summed E-state index contributed by atoms with van der Waals surface area (Å²) in [6.07, 6.45) is 0.517. The predicted molar refractivity (Wildman–Crippen MR) is 111 cm³/mol. The molecule has 0 aromatic heterocycles. The van der Waals surface area contributed by atoms with Gasteiger partial charge in [-0.05, 0) is 40.4 Å². The molecule has 2 aromatic rings. The van der Waals surface area contributed by atoms with E-state index in [4.69, 9.17) is 4.74 Å². The largest absolute Gasteiger partial charge is 0.449 e. The van der Waals surface area contributed by atoms with Gasteiger partial charge in [0, 0.05) is 5.92 Å². The molecule has 0 fully saturated rings. The number of isothiocyanates is 1. The second-order valence-electron chi connectivity index (χ2n) is 6.89. The van der Waals surface area contributed by atoms with E-state index in [0.29, 0.717) is 13.2 Å². The molecule has 5 heteroatoms. The van der Waals surface area contributed by atoms with Crippen molar-refractivity contribution in [2.75, 3.05) is 13.2 Å². The van der Waals surface area contributed by atoms with Crippen LogP contribution in [0.25, 0.3) is 11.1 Å². The lowest BCUT2D eigenvalue weighted by Gasteiger charge is -2.22. The molecule has 0 bridgehead atoms. The summed E-state index contributed by atoms with van der Waals surface area (Å²) in [6, 6.07) is 16.5. The zero-order valence-electron chi connectivity index (χ0n) is 15.6. The molecule has 1 amide bonds. The van der Waals surface area contributed by atoms with Gasteiger partial charge < -0.3 is 10.1 Å². The maximum Gasteiger partial charge on any atom is 0.407 e. The van der Waals surface area contributed by atoms with Gasteiger partial charge in [-0.3, -0.25) is 0 Å². The van der Waals surface area contributed by atoms with Gasteiger partial charge in [-0.1, -0.05) is 68.8 Å². The van der Waals surface area contributed by atoms with E-state index >= 15 is 0 Å². The number of nitrogens with one attached hydrogen (secondary N) is 1. The van der Waals surface area contributed by atoms with Gasteiger partial charge in [-0.2, -0.15) is 0 Å². The van der Waals surface area contributed by atoms with Crippen molar-refractivity contribution < 1.29 is 9.53 Å². The third-order valence-electron chi connectivity index (χ3n) is 5.33. The summed E-state index contributed by atoms with van der Waals surface area (Å²) >= 11 is 4.64. The summed E-state index contributed by atoms with van der Waals surface area (Å²) in [6.45, 7) is 4.89. The summed E-state index contributed by atoms with van der Waals surface area (Å²) in [4.78, 5) is 16.4. The molecule has 2 atom stereocenters. The molecule has 1 aliphatic carbocycles. The molecule has 140 valence electrons. The van der Waals surface area contributed by atoms with Crippen LogP contribution >= 0.6 is 12.2 Å². The van der Waals surface area contributed by atoms with Gasteiger partial charge in [-0.15, -0.1) is 0 Å². The smallest absolute Gasteiger partial charge is 0.407 e. The normalized spacial score (nSPS) is 14.4. The number of aliphatic imine (C=N–C) groups is 1. The first-order valence-corrected chi connectivity index (χ1v) is 9.71. The van der Waals surface area contributed by atoms with E-state index in [1.165, 1.54) is 22.3 Å². The molecule has 0 saturated heterocycles. The van der Waals surface area contributed by atoms with Crippen molar-refractivity contribution in [2.24, 2.45) is 10.9 Å². The zero-order chi connectivity index (χ0) is 19.2. The van der Waals surface area contributed by atoms with Gasteiger partial charge in [-0.25, -0.2) is 9.79 Å². The summed E-state index contributed by atoms with van der Waals surface area (Å²) in [5, 5.41) is 5.30. The minimum absolute atomic E-state index is 0.0594. The number of benzene rings is 2. The second kappa shape index (κ2) is 8.94. The number of hydrogen-bond acceptors (Lipinski definition) is 4. The average Bonchev–Trinajstić information content (AvgIpc) is 3.03. The first-order chi connectivity index (χ1) is 13.2. The fraction of sp³-hybridized carbons (Fsp3) is 0.364. The Labute approximate surface area is 165 Å². The van der Waals surface area contributed by atoms with Crippen LogP contribution in [-0.4, -0.2) is 30.4 Å². The average molecular weight is 381 g/mol. The number of ether oxygens (including phenoxy) is 1. The molecule has 0 unspecified atom stereocenters. The zero-order valence-corrected chi connectivity index (χ0v) is 16.5. The summed E-state index contributed by atoms with van der Waals surface area (Å²) in [5.74, 6) is 0.335. The van der Waals surface area contributed by atoms with Crippen molar-refractivity contribution in [1.82, 2.24) is 5.32 Å². The second-order valence-corrected chi connectivity index (χ2v) is 7.08. The van der Waals surface area contributed by atoms with E-state index in [9.17, 15) is 4.79 Å². The minimum atomic E-state index is -0.415. The molecule has 0 spiro atoms. The number of thiocarbonyl (C=S) groups is 1. The summed E-state index contributed by atoms with van der Waals surface area (Å²) in [7, 11) is 0. The van der Waals surface area contributed by atoms with E-state index < -0.39 is 6.09 Å². The molecule has 0 radical (unpaired) electrons. The van der Waals surface area contributed by atoms with E-state index in [0.717, 1.165) is 6.42 Å². The number of fused-ring (bicyclic) bond motifs is 3. The van der Waals surface area contributed by atoms with Gasteiger partial charge in [0.15, 0.2) is 0 Å². The number of amides is 1. The van der Waals surface area contributed by atoms with Crippen LogP contribution < -0.4 is 5.32 Å². The van der Waals surface area contributed by atoms with Gasteiger partial charge in [0.2, 0.25) is 0 Å². The highest BCUT2D eigenvalue weighted by Gasteiger charge is 2.29. The molecule has 2 aromatic carbocycles. The van der Waals surface area contributed by atoms with Crippen LogP contribution in [0.3, 0.4) is 0 Å². The van der Waals surface area contributed by atoms with E-state index in [-0.39, 0.29) is 17.9 Å². The number of carbonyl (C=O) groups is 1. The molecular formula is C22H24N2O2S. The van der Waals surface area contributed by atoms with Crippen molar-refractivity contribution in [2.45, 2.75) is 32.2 Å². The highest BCUT2D eigenvalue weighted by Crippen LogP contribution is 2.44. The van der Waals surface area contributed by atoms with Gasteiger partial charge >= 0.3 is 6.09 Å². The van der Waals surface area contributed by atoms with E-state index in [2.05, 4.69) is 65.8 Å². The highest BCUT2D eigenvalue weighted by atomic mass is 32.1. The first kappa shape index (κ1) is 19.3. The van der Waals surface area contributed by atoms with Crippen LogP contribution in [0, 0.1) is 5.92 Å². The first-order valence-electron chi connectivity index (χ1n) is 9.30. The fourth-order valence-corrected chi connectivity index (χ4v) is 3.65.